The van der Waals surface area contributed by atoms with Gasteiger partial charge in [0.2, 0.25) is 0 Å². The topological polar surface area (TPSA) is 26.0 Å². The summed E-state index contributed by atoms with van der Waals surface area (Å²) in [5, 5.41) is 0.685. The number of oxazole rings is 1. The molecule has 1 aromatic heterocycles. The van der Waals surface area contributed by atoms with E-state index < -0.39 is 0 Å². The summed E-state index contributed by atoms with van der Waals surface area (Å²) < 4.78 is 5.31. The molecule has 0 amide bonds. The van der Waals surface area contributed by atoms with Crippen molar-refractivity contribution in [1.29, 1.82) is 0 Å². The zero-order valence-electron chi connectivity index (χ0n) is 6.89. The zero-order valence-corrected chi connectivity index (χ0v) is 7.64. The largest absolute Gasteiger partial charge is 0.441 e. The van der Waals surface area contributed by atoms with Crippen LogP contribution in [0.5, 0.6) is 0 Å². The Kier molecular flexibility index (Phi) is 1.58. The van der Waals surface area contributed by atoms with Gasteiger partial charge in [0.1, 0.15) is 5.52 Å². The van der Waals surface area contributed by atoms with Crippen LogP contribution in [0.2, 0.25) is 5.02 Å². The van der Waals surface area contributed by atoms with Gasteiger partial charge in [-0.15, -0.1) is 0 Å². The molecule has 2 aromatic rings. The van der Waals surface area contributed by atoms with E-state index in [9.17, 15) is 0 Å². The van der Waals surface area contributed by atoms with Gasteiger partial charge in [0.25, 0.3) is 0 Å². The zero-order chi connectivity index (χ0) is 8.72. The number of hydrogen-bond acceptors (Lipinski definition) is 2. The maximum atomic E-state index is 6.02. The summed E-state index contributed by atoms with van der Waals surface area (Å²) in [7, 11) is 0. The summed E-state index contributed by atoms with van der Waals surface area (Å²) in [6.45, 7) is 3.76. The van der Waals surface area contributed by atoms with Gasteiger partial charge in [-0.3, -0.25) is 0 Å². The molecular formula is C9H8ClNO. The molecule has 0 N–H and O–H groups in total. The van der Waals surface area contributed by atoms with Gasteiger partial charge in [0.05, 0.1) is 5.02 Å². The Morgan fingerprint density at radius 3 is 2.83 bits per heavy atom. The van der Waals surface area contributed by atoms with Crippen molar-refractivity contribution in [1.82, 2.24) is 4.98 Å². The highest BCUT2D eigenvalue weighted by atomic mass is 35.5. The molecule has 1 heterocycles. The number of benzene rings is 1. The second-order valence-corrected chi connectivity index (χ2v) is 3.15. The van der Waals surface area contributed by atoms with Crippen LogP contribution in [0.25, 0.3) is 11.1 Å². The molecule has 0 radical (unpaired) electrons. The van der Waals surface area contributed by atoms with Crippen LogP contribution in [0.1, 0.15) is 11.5 Å². The lowest BCUT2D eigenvalue weighted by Gasteiger charge is -1.94. The molecule has 0 spiro atoms. The average molecular weight is 182 g/mol. The van der Waals surface area contributed by atoms with Crippen molar-refractivity contribution in [3.05, 3.63) is 28.6 Å². The van der Waals surface area contributed by atoms with Crippen LogP contribution in [-0.2, 0) is 0 Å². The molecule has 0 saturated heterocycles. The Morgan fingerprint density at radius 2 is 2.08 bits per heavy atom. The van der Waals surface area contributed by atoms with Gasteiger partial charge in [0.15, 0.2) is 11.5 Å². The standard InChI is InChI=1S/C9H8ClNO/c1-5-3-4-7-9(8(5)10)11-6(2)12-7/h3-4H,1-2H3. The third-order valence-corrected chi connectivity index (χ3v) is 2.28. The first kappa shape index (κ1) is 7.62. The van der Waals surface area contributed by atoms with Crippen LogP contribution < -0.4 is 0 Å². The molecule has 12 heavy (non-hydrogen) atoms. The summed E-state index contributed by atoms with van der Waals surface area (Å²) in [4.78, 5) is 4.17. The summed E-state index contributed by atoms with van der Waals surface area (Å²) in [6, 6.07) is 3.81. The molecular weight excluding hydrogens is 174 g/mol. The van der Waals surface area contributed by atoms with E-state index in [0.29, 0.717) is 10.9 Å². The first-order chi connectivity index (χ1) is 5.68. The van der Waals surface area contributed by atoms with Crippen molar-refractivity contribution < 1.29 is 4.42 Å². The van der Waals surface area contributed by atoms with Crippen molar-refractivity contribution in [3.8, 4) is 0 Å². The lowest BCUT2D eigenvalue weighted by molar-refractivity contribution is 0.561. The van der Waals surface area contributed by atoms with E-state index in [1.807, 2.05) is 26.0 Å². The molecule has 0 atom stereocenters. The summed E-state index contributed by atoms with van der Waals surface area (Å²) in [6.07, 6.45) is 0. The van der Waals surface area contributed by atoms with Gasteiger partial charge in [-0.25, -0.2) is 4.98 Å². The van der Waals surface area contributed by atoms with E-state index in [0.717, 1.165) is 16.7 Å². The van der Waals surface area contributed by atoms with Crippen molar-refractivity contribution >= 4 is 22.7 Å². The molecule has 0 aliphatic heterocycles. The van der Waals surface area contributed by atoms with Crippen molar-refractivity contribution in [2.45, 2.75) is 13.8 Å². The highest BCUT2D eigenvalue weighted by Gasteiger charge is 2.07. The van der Waals surface area contributed by atoms with Gasteiger partial charge in [-0.05, 0) is 18.6 Å². The van der Waals surface area contributed by atoms with Gasteiger partial charge >= 0.3 is 0 Å². The minimum absolute atomic E-state index is 0.650. The average Bonchev–Trinajstić information content (AvgIpc) is 2.39. The Bertz CT molecular complexity index is 433. The molecule has 1 aromatic carbocycles. The van der Waals surface area contributed by atoms with Crippen molar-refractivity contribution in [2.75, 3.05) is 0 Å². The highest BCUT2D eigenvalue weighted by Crippen LogP contribution is 2.26. The number of rotatable bonds is 0. The molecule has 0 unspecified atom stereocenters. The molecule has 0 saturated carbocycles. The monoisotopic (exact) mass is 181 g/mol. The second kappa shape index (κ2) is 2.49. The quantitative estimate of drug-likeness (QED) is 0.624. The lowest BCUT2D eigenvalue weighted by Crippen LogP contribution is -1.76. The summed E-state index contributed by atoms with van der Waals surface area (Å²) >= 11 is 6.02. The van der Waals surface area contributed by atoms with Gasteiger partial charge in [-0.2, -0.15) is 0 Å². The molecule has 62 valence electrons. The van der Waals surface area contributed by atoms with Gasteiger partial charge in [0, 0.05) is 6.92 Å². The minimum Gasteiger partial charge on any atom is -0.441 e. The normalized spacial score (nSPS) is 10.9. The van der Waals surface area contributed by atoms with Crippen LogP contribution in [0.4, 0.5) is 0 Å². The van der Waals surface area contributed by atoms with Crippen LogP contribution >= 0.6 is 11.6 Å². The molecule has 0 bridgehead atoms. The van der Waals surface area contributed by atoms with Crippen molar-refractivity contribution in [3.63, 3.8) is 0 Å². The highest BCUT2D eigenvalue weighted by molar-refractivity contribution is 6.35. The van der Waals surface area contributed by atoms with E-state index in [4.69, 9.17) is 16.0 Å². The van der Waals surface area contributed by atoms with Crippen LogP contribution in [0, 0.1) is 13.8 Å². The fourth-order valence-corrected chi connectivity index (χ4v) is 1.37. The van der Waals surface area contributed by atoms with E-state index in [-0.39, 0.29) is 0 Å². The lowest BCUT2D eigenvalue weighted by atomic mass is 10.2. The second-order valence-electron chi connectivity index (χ2n) is 2.78. The van der Waals surface area contributed by atoms with Gasteiger partial charge < -0.3 is 4.42 Å². The van der Waals surface area contributed by atoms with Crippen molar-refractivity contribution in [2.24, 2.45) is 0 Å². The van der Waals surface area contributed by atoms with Crippen LogP contribution in [0.3, 0.4) is 0 Å². The van der Waals surface area contributed by atoms with E-state index in [2.05, 4.69) is 4.98 Å². The number of halogens is 1. The van der Waals surface area contributed by atoms with Crippen LogP contribution in [-0.4, -0.2) is 4.98 Å². The maximum absolute atomic E-state index is 6.02. The fraction of sp³-hybridized carbons (Fsp3) is 0.222. The number of hydrogen-bond donors (Lipinski definition) is 0. The number of fused-ring (bicyclic) bond motifs is 1. The van der Waals surface area contributed by atoms with E-state index in [1.165, 1.54) is 0 Å². The summed E-state index contributed by atoms with van der Waals surface area (Å²) in [5.74, 6) is 0.650. The smallest absolute Gasteiger partial charge is 0.192 e. The third kappa shape index (κ3) is 0.994. The van der Waals surface area contributed by atoms with Crippen LogP contribution in [0.15, 0.2) is 16.5 Å². The summed E-state index contributed by atoms with van der Waals surface area (Å²) in [5.41, 5.74) is 2.54. The Balaban J connectivity index is 2.89. The molecule has 3 heteroatoms. The molecule has 2 nitrogen and oxygen atoms in total. The van der Waals surface area contributed by atoms with E-state index in [1.54, 1.807) is 0 Å². The first-order valence-corrected chi connectivity index (χ1v) is 4.08. The van der Waals surface area contributed by atoms with Gasteiger partial charge in [-0.1, -0.05) is 17.7 Å². The Morgan fingerprint density at radius 1 is 1.33 bits per heavy atom. The SMILES string of the molecule is Cc1nc2c(Cl)c(C)ccc2o1. The fourth-order valence-electron chi connectivity index (χ4n) is 1.17. The number of aromatic nitrogens is 1. The predicted molar refractivity (Wildman–Crippen MR) is 48.5 cm³/mol. The molecule has 2 rings (SSSR count). The first-order valence-electron chi connectivity index (χ1n) is 3.71. The maximum Gasteiger partial charge on any atom is 0.192 e. The number of aryl methyl sites for hydroxylation is 2. The number of nitrogens with zero attached hydrogens (tertiary/aromatic N) is 1. The van der Waals surface area contributed by atoms with E-state index >= 15 is 0 Å². The predicted octanol–water partition coefficient (Wildman–Crippen LogP) is 3.10. The molecule has 0 fully saturated rings. The third-order valence-electron chi connectivity index (χ3n) is 1.80. The minimum atomic E-state index is 0.650. The molecule has 0 aliphatic carbocycles. The Hall–Kier alpha value is -1.02. The Labute approximate surface area is 75.2 Å². The molecule has 0 aliphatic rings.